The molecule has 0 aliphatic rings. The Balaban J connectivity index is 2.65. The molecule has 0 aliphatic carbocycles. The van der Waals surface area contributed by atoms with Crippen LogP contribution in [0.15, 0.2) is 12.3 Å². The van der Waals surface area contributed by atoms with Gasteiger partial charge >= 0.3 is 0 Å². The van der Waals surface area contributed by atoms with Gasteiger partial charge in [0, 0.05) is 39.0 Å². The van der Waals surface area contributed by atoms with Crippen LogP contribution in [0.4, 0.5) is 11.8 Å². The molecular formula is C15H28N4O2. The first kappa shape index (κ1) is 17.7. The van der Waals surface area contributed by atoms with Crippen molar-refractivity contribution in [1.29, 1.82) is 0 Å². The molecule has 6 nitrogen and oxygen atoms in total. The highest BCUT2D eigenvalue weighted by molar-refractivity contribution is 5.42. The number of rotatable bonds is 12. The first-order valence-corrected chi connectivity index (χ1v) is 7.79. The van der Waals surface area contributed by atoms with Crippen molar-refractivity contribution in [2.45, 2.75) is 27.2 Å². The highest BCUT2D eigenvalue weighted by Crippen LogP contribution is 2.12. The minimum absolute atomic E-state index is 0.673. The molecule has 1 aromatic rings. The second-order valence-corrected chi connectivity index (χ2v) is 4.55. The molecule has 1 aromatic heterocycles. The Bertz CT molecular complexity index is 366. The molecule has 1 N–H and O–H groups in total. The molecule has 0 saturated heterocycles. The number of aromatic nitrogens is 2. The summed E-state index contributed by atoms with van der Waals surface area (Å²) >= 11 is 0. The van der Waals surface area contributed by atoms with Crippen molar-refractivity contribution in [3.63, 3.8) is 0 Å². The molecule has 0 saturated carbocycles. The van der Waals surface area contributed by atoms with Crippen LogP contribution in [-0.2, 0) is 9.47 Å². The predicted molar refractivity (Wildman–Crippen MR) is 86.0 cm³/mol. The fourth-order valence-electron chi connectivity index (χ4n) is 1.83. The Kier molecular flexibility index (Phi) is 9.48. The summed E-state index contributed by atoms with van der Waals surface area (Å²) in [5, 5.41) is 3.21. The second-order valence-electron chi connectivity index (χ2n) is 4.55. The Labute approximate surface area is 127 Å². The van der Waals surface area contributed by atoms with E-state index >= 15 is 0 Å². The zero-order valence-corrected chi connectivity index (χ0v) is 13.5. The van der Waals surface area contributed by atoms with Gasteiger partial charge in [-0.3, -0.25) is 0 Å². The summed E-state index contributed by atoms with van der Waals surface area (Å²) < 4.78 is 10.9. The van der Waals surface area contributed by atoms with Crippen LogP contribution < -0.4 is 10.2 Å². The van der Waals surface area contributed by atoms with Gasteiger partial charge in [-0.15, -0.1) is 0 Å². The third kappa shape index (κ3) is 7.24. The van der Waals surface area contributed by atoms with E-state index in [2.05, 4.69) is 27.1 Å². The molecule has 0 amide bonds. The van der Waals surface area contributed by atoms with E-state index in [9.17, 15) is 0 Å². The van der Waals surface area contributed by atoms with Crippen molar-refractivity contribution in [1.82, 2.24) is 9.97 Å². The third-order valence-electron chi connectivity index (χ3n) is 2.92. The lowest BCUT2D eigenvalue weighted by molar-refractivity contribution is 0.141. The zero-order chi connectivity index (χ0) is 15.3. The second kappa shape index (κ2) is 11.3. The summed E-state index contributed by atoms with van der Waals surface area (Å²) in [5.41, 5.74) is 0. The summed E-state index contributed by atoms with van der Waals surface area (Å²) in [4.78, 5) is 11.0. The van der Waals surface area contributed by atoms with Crippen molar-refractivity contribution >= 4 is 11.8 Å². The van der Waals surface area contributed by atoms with Crippen molar-refractivity contribution in [2.24, 2.45) is 0 Å². The van der Waals surface area contributed by atoms with Crippen LogP contribution in [0.1, 0.15) is 27.2 Å². The SMILES string of the molecule is CCCNc1nccc(N(CCOCC)CCOCC)n1. The largest absolute Gasteiger partial charge is 0.380 e. The van der Waals surface area contributed by atoms with E-state index in [1.165, 1.54) is 0 Å². The van der Waals surface area contributed by atoms with Gasteiger partial charge in [0.2, 0.25) is 5.95 Å². The minimum atomic E-state index is 0.673. The van der Waals surface area contributed by atoms with Crippen LogP contribution in [0.5, 0.6) is 0 Å². The summed E-state index contributed by atoms with van der Waals surface area (Å²) in [6.07, 6.45) is 2.83. The summed E-state index contributed by atoms with van der Waals surface area (Å²) in [6, 6.07) is 1.93. The molecule has 120 valence electrons. The predicted octanol–water partition coefficient (Wildman–Crippen LogP) is 2.18. The first-order chi connectivity index (χ1) is 10.3. The maximum atomic E-state index is 5.45. The monoisotopic (exact) mass is 296 g/mol. The number of nitrogens with one attached hydrogen (secondary N) is 1. The van der Waals surface area contributed by atoms with Gasteiger partial charge in [-0.05, 0) is 26.3 Å². The molecule has 0 bridgehead atoms. The number of ether oxygens (including phenoxy) is 2. The van der Waals surface area contributed by atoms with Gasteiger partial charge in [-0.2, -0.15) is 4.98 Å². The van der Waals surface area contributed by atoms with E-state index in [1.54, 1.807) is 6.20 Å². The molecule has 0 radical (unpaired) electrons. The Hall–Kier alpha value is -1.40. The molecule has 1 rings (SSSR count). The highest BCUT2D eigenvalue weighted by atomic mass is 16.5. The average Bonchev–Trinajstić information content (AvgIpc) is 2.52. The smallest absolute Gasteiger partial charge is 0.224 e. The van der Waals surface area contributed by atoms with Gasteiger partial charge in [0.25, 0.3) is 0 Å². The van der Waals surface area contributed by atoms with Crippen LogP contribution in [0.3, 0.4) is 0 Å². The van der Waals surface area contributed by atoms with Gasteiger partial charge < -0.3 is 19.7 Å². The van der Waals surface area contributed by atoms with E-state index in [0.29, 0.717) is 19.2 Å². The molecule has 0 aliphatic heterocycles. The molecular weight excluding hydrogens is 268 g/mol. The quantitative estimate of drug-likeness (QED) is 0.597. The van der Waals surface area contributed by atoms with Crippen molar-refractivity contribution in [2.75, 3.05) is 56.3 Å². The highest BCUT2D eigenvalue weighted by Gasteiger charge is 2.09. The van der Waals surface area contributed by atoms with Gasteiger partial charge in [-0.1, -0.05) is 6.92 Å². The van der Waals surface area contributed by atoms with Crippen LogP contribution in [-0.4, -0.2) is 56.0 Å². The van der Waals surface area contributed by atoms with Crippen molar-refractivity contribution in [3.05, 3.63) is 12.3 Å². The van der Waals surface area contributed by atoms with Gasteiger partial charge in [0.05, 0.1) is 13.2 Å². The molecule has 6 heteroatoms. The molecule has 21 heavy (non-hydrogen) atoms. The molecule has 0 fully saturated rings. The molecule has 1 heterocycles. The topological polar surface area (TPSA) is 59.5 Å². The first-order valence-electron chi connectivity index (χ1n) is 7.79. The summed E-state index contributed by atoms with van der Waals surface area (Å²) in [6.45, 7) is 11.4. The van der Waals surface area contributed by atoms with E-state index in [4.69, 9.17) is 9.47 Å². The standard InChI is InChI=1S/C15H28N4O2/c1-4-8-16-15-17-9-7-14(18-15)19(10-12-20-5-2)11-13-21-6-3/h7,9H,4-6,8,10-13H2,1-3H3,(H,16,17,18). The van der Waals surface area contributed by atoms with Crippen LogP contribution in [0.2, 0.25) is 0 Å². The molecule has 0 unspecified atom stereocenters. The molecule has 0 spiro atoms. The fraction of sp³-hybridized carbons (Fsp3) is 0.733. The van der Waals surface area contributed by atoms with Gasteiger partial charge in [0.15, 0.2) is 0 Å². The lowest BCUT2D eigenvalue weighted by Gasteiger charge is -2.23. The maximum Gasteiger partial charge on any atom is 0.224 e. The minimum Gasteiger partial charge on any atom is -0.380 e. The van der Waals surface area contributed by atoms with Crippen LogP contribution >= 0.6 is 0 Å². The fourth-order valence-corrected chi connectivity index (χ4v) is 1.83. The molecule has 0 atom stereocenters. The summed E-state index contributed by atoms with van der Waals surface area (Å²) in [5.74, 6) is 1.58. The Morgan fingerprint density at radius 2 is 1.76 bits per heavy atom. The van der Waals surface area contributed by atoms with E-state index in [0.717, 1.165) is 45.1 Å². The Morgan fingerprint density at radius 3 is 2.33 bits per heavy atom. The van der Waals surface area contributed by atoms with Gasteiger partial charge in [-0.25, -0.2) is 4.98 Å². The Morgan fingerprint density at radius 1 is 1.10 bits per heavy atom. The summed E-state index contributed by atoms with van der Waals surface area (Å²) in [7, 11) is 0. The zero-order valence-electron chi connectivity index (χ0n) is 13.5. The van der Waals surface area contributed by atoms with E-state index in [-0.39, 0.29) is 0 Å². The number of hydrogen-bond acceptors (Lipinski definition) is 6. The lowest BCUT2D eigenvalue weighted by atomic mass is 10.4. The van der Waals surface area contributed by atoms with Crippen molar-refractivity contribution < 1.29 is 9.47 Å². The maximum absolute atomic E-state index is 5.45. The van der Waals surface area contributed by atoms with Crippen molar-refractivity contribution in [3.8, 4) is 0 Å². The van der Waals surface area contributed by atoms with E-state index in [1.807, 2.05) is 19.9 Å². The normalized spacial score (nSPS) is 10.6. The van der Waals surface area contributed by atoms with Gasteiger partial charge in [0.1, 0.15) is 5.82 Å². The molecule has 0 aromatic carbocycles. The van der Waals surface area contributed by atoms with Crippen LogP contribution in [0.25, 0.3) is 0 Å². The van der Waals surface area contributed by atoms with E-state index < -0.39 is 0 Å². The number of anilines is 2. The van der Waals surface area contributed by atoms with Crippen LogP contribution in [0, 0.1) is 0 Å². The lowest BCUT2D eigenvalue weighted by Crippen LogP contribution is -2.32. The number of hydrogen-bond donors (Lipinski definition) is 1. The number of nitrogens with zero attached hydrogens (tertiary/aromatic N) is 3. The third-order valence-corrected chi connectivity index (χ3v) is 2.92. The average molecular weight is 296 g/mol.